The molecule has 0 aromatic heterocycles. The first kappa shape index (κ1) is 50.6. The summed E-state index contributed by atoms with van der Waals surface area (Å²) in [4.78, 5) is 0. The van der Waals surface area contributed by atoms with Crippen LogP contribution in [-0.2, 0) is 44.0 Å². The van der Waals surface area contributed by atoms with Gasteiger partial charge in [0, 0.05) is 22.3 Å². The van der Waals surface area contributed by atoms with Gasteiger partial charge in [-0.05, 0) is 97.0 Å². The minimum Gasteiger partial charge on any atom is -0.493 e. The standard InChI is InChI=1S/C56H94O4/c1-13-17-21-31-53(5,6)47-37-43(38-48(54(7,8)32-22-18-14-2)51(47)57-35-25-27-45-41-59-45)29-30-44-39-49(55(9,10)33-23-19-15-3)52(58-36-26-28-46-42-60-46)50(40-44)56(11,12)34-24-20-16-4/h37-40,45-46H,13-36,41-42H2,1-12H3. The number of hydrogen-bond donors (Lipinski definition) is 0. The smallest absolute Gasteiger partial charge is 0.126 e. The summed E-state index contributed by atoms with van der Waals surface area (Å²) >= 11 is 0. The highest BCUT2D eigenvalue weighted by atomic mass is 16.6. The van der Waals surface area contributed by atoms with Crippen LogP contribution in [0.25, 0.3) is 0 Å². The van der Waals surface area contributed by atoms with E-state index in [1.807, 2.05) is 0 Å². The fourth-order valence-corrected chi connectivity index (χ4v) is 9.52. The first-order valence-electron chi connectivity index (χ1n) is 25.4. The molecule has 0 spiro atoms. The van der Waals surface area contributed by atoms with E-state index in [1.165, 1.54) is 148 Å². The molecule has 0 amide bonds. The summed E-state index contributed by atoms with van der Waals surface area (Å²) in [5.74, 6) is 2.36. The molecule has 0 bridgehead atoms. The Morgan fingerprint density at radius 1 is 0.433 bits per heavy atom. The number of benzene rings is 2. The predicted octanol–water partition coefficient (Wildman–Crippen LogP) is 16.0. The van der Waals surface area contributed by atoms with E-state index >= 15 is 0 Å². The summed E-state index contributed by atoms with van der Waals surface area (Å²) in [5, 5.41) is 0. The van der Waals surface area contributed by atoms with Crippen molar-refractivity contribution in [3.05, 3.63) is 57.6 Å². The maximum Gasteiger partial charge on any atom is 0.126 e. The first-order valence-corrected chi connectivity index (χ1v) is 25.4. The third-order valence-corrected chi connectivity index (χ3v) is 14.2. The maximum atomic E-state index is 7.03. The second-order valence-electron chi connectivity index (χ2n) is 21.8. The number of aryl methyl sites for hydroxylation is 2. The number of rotatable bonds is 33. The van der Waals surface area contributed by atoms with Crippen LogP contribution in [0.4, 0.5) is 0 Å². The average Bonchev–Trinajstić information content (AvgIpc) is 4.15. The molecule has 60 heavy (non-hydrogen) atoms. The highest BCUT2D eigenvalue weighted by molar-refractivity contribution is 5.53. The molecule has 2 fully saturated rings. The molecule has 4 heteroatoms. The predicted molar refractivity (Wildman–Crippen MR) is 258 cm³/mol. The molecule has 2 unspecified atom stereocenters. The lowest BCUT2D eigenvalue weighted by Gasteiger charge is -2.35. The fourth-order valence-electron chi connectivity index (χ4n) is 9.52. The largest absolute Gasteiger partial charge is 0.493 e. The van der Waals surface area contributed by atoms with Crippen LogP contribution >= 0.6 is 0 Å². The van der Waals surface area contributed by atoms with Crippen molar-refractivity contribution < 1.29 is 18.9 Å². The summed E-state index contributed by atoms with van der Waals surface area (Å²) < 4.78 is 25.2. The molecule has 2 aromatic carbocycles. The van der Waals surface area contributed by atoms with Crippen LogP contribution in [0.5, 0.6) is 11.5 Å². The van der Waals surface area contributed by atoms with Crippen LogP contribution in [0.1, 0.15) is 245 Å². The fraction of sp³-hybridized carbons (Fsp3) is 0.786. The number of hydrogen-bond acceptors (Lipinski definition) is 4. The van der Waals surface area contributed by atoms with Crippen molar-refractivity contribution in [2.75, 3.05) is 26.4 Å². The molecule has 0 saturated carbocycles. The van der Waals surface area contributed by atoms with Crippen LogP contribution in [0.3, 0.4) is 0 Å². The van der Waals surface area contributed by atoms with Gasteiger partial charge in [0.05, 0.1) is 38.6 Å². The second-order valence-corrected chi connectivity index (χ2v) is 21.8. The van der Waals surface area contributed by atoms with Crippen LogP contribution < -0.4 is 9.47 Å². The van der Waals surface area contributed by atoms with E-state index in [4.69, 9.17) is 18.9 Å². The lowest BCUT2D eigenvalue weighted by Crippen LogP contribution is -2.25. The topological polar surface area (TPSA) is 43.5 Å². The number of ether oxygens (including phenoxy) is 4. The van der Waals surface area contributed by atoms with Gasteiger partial charge in [-0.1, -0.05) is 184 Å². The Labute approximate surface area is 371 Å². The van der Waals surface area contributed by atoms with Crippen molar-refractivity contribution >= 4 is 0 Å². The lowest BCUT2D eigenvalue weighted by molar-refractivity contribution is 0.274. The van der Waals surface area contributed by atoms with Gasteiger partial charge in [0.25, 0.3) is 0 Å². The molecule has 2 atom stereocenters. The van der Waals surface area contributed by atoms with Crippen LogP contribution in [0.15, 0.2) is 24.3 Å². The van der Waals surface area contributed by atoms with E-state index in [1.54, 1.807) is 0 Å². The SMILES string of the molecule is CCCCCC(C)(C)c1cc(CCc2cc(C(C)(C)CCCCC)c(OCCCC3CO3)c(C(C)(C)CCCCC)c2)cc(C(C)(C)CCCCC)c1OCCCC1CO1. The summed E-state index contributed by atoms with van der Waals surface area (Å²) in [6.45, 7) is 32.5. The molecule has 0 aliphatic carbocycles. The van der Waals surface area contributed by atoms with Gasteiger partial charge in [0.15, 0.2) is 0 Å². The van der Waals surface area contributed by atoms with E-state index in [9.17, 15) is 0 Å². The van der Waals surface area contributed by atoms with E-state index < -0.39 is 0 Å². The highest BCUT2D eigenvalue weighted by Gasteiger charge is 2.35. The average molecular weight is 831 g/mol. The Bertz CT molecular complexity index is 1340. The Hall–Kier alpha value is -2.04. The molecule has 2 heterocycles. The highest BCUT2D eigenvalue weighted by Crippen LogP contribution is 2.47. The van der Waals surface area contributed by atoms with E-state index in [0.717, 1.165) is 65.0 Å². The quantitative estimate of drug-likeness (QED) is 0.0531. The Morgan fingerprint density at radius 2 is 0.700 bits per heavy atom. The van der Waals surface area contributed by atoms with E-state index in [0.29, 0.717) is 12.2 Å². The monoisotopic (exact) mass is 831 g/mol. The van der Waals surface area contributed by atoms with Gasteiger partial charge < -0.3 is 18.9 Å². The lowest BCUT2D eigenvalue weighted by atomic mass is 9.72. The number of epoxide rings is 2. The molecule has 2 saturated heterocycles. The molecule has 4 nitrogen and oxygen atoms in total. The van der Waals surface area contributed by atoms with Gasteiger partial charge in [0.2, 0.25) is 0 Å². The minimum absolute atomic E-state index is 0.0182. The van der Waals surface area contributed by atoms with Crippen molar-refractivity contribution in [3.63, 3.8) is 0 Å². The van der Waals surface area contributed by atoms with Crippen molar-refractivity contribution in [2.45, 2.75) is 258 Å². The van der Waals surface area contributed by atoms with Gasteiger partial charge in [0.1, 0.15) is 11.5 Å². The van der Waals surface area contributed by atoms with Gasteiger partial charge in [-0.2, -0.15) is 0 Å². The molecule has 0 N–H and O–H groups in total. The third kappa shape index (κ3) is 15.9. The van der Waals surface area contributed by atoms with Crippen LogP contribution in [0.2, 0.25) is 0 Å². The molecule has 342 valence electrons. The zero-order valence-corrected chi connectivity index (χ0v) is 41.5. The Kier molecular flexibility index (Phi) is 20.4. The van der Waals surface area contributed by atoms with Gasteiger partial charge in [-0.15, -0.1) is 0 Å². The minimum atomic E-state index is 0.0182. The van der Waals surface area contributed by atoms with Crippen LogP contribution in [0, 0.1) is 0 Å². The van der Waals surface area contributed by atoms with Crippen molar-refractivity contribution in [3.8, 4) is 11.5 Å². The molecular weight excluding hydrogens is 737 g/mol. The van der Waals surface area contributed by atoms with Crippen molar-refractivity contribution in [2.24, 2.45) is 0 Å². The summed E-state index contributed by atoms with van der Waals surface area (Å²) in [6, 6.07) is 10.3. The van der Waals surface area contributed by atoms with Crippen molar-refractivity contribution in [1.29, 1.82) is 0 Å². The summed E-state index contributed by atoms with van der Waals surface area (Å²) in [5.41, 5.74) is 8.69. The molecule has 0 radical (unpaired) electrons. The molecule has 2 aliphatic rings. The van der Waals surface area contributed by atoms with Crippen molar-refractivity contribution in [1.82, 2.24) is 0 Å². The summed E-state index contributed by atoms with van der Waals surface area (Å²) in [6.07, 6.45) is 27.0. The molecule has 2 aliphatic heterocycles. The first-order chi connectivity index (χ1) is 28.6. The Balaban J connectivity index is 1.81. The normalized spacial score (nSPS) is 17.0. The molecule has 4 rings (SSSR count). The third-order valence-electron chi connectivity index (χ3n) is 14.2. The van der Waals surface area contributed by atoms with E-state index in [-0.39, 0.29) is 21.7 Å². The maximum absolute atomic E-state index is 7.03. The molecular formula is C56H94O4. The summed E-state index contributed by atoms with van der Waals surface area (Å²) in [7, 11) is 0. The zero-order chi connectivity index (χ0) is 43.8. The zero-order valence-electron chi connectivity index (χ0n) is 41.5. The van der Waals surface area contributed by atoms with Gasteiger partial charge in [-0.3, -0.25) is 0 Å². The van der Waals surface area contributed by atoms with E-state index in [2.05, 4.69) is 107 Å². The van der Waals surface area contributed by atoms with Gasteiger partial charge >= 0.3 is 0 Å². The Morgan fingerprint density at radius 3 is 0.933 bits per heavy atom. The van der Waals surface area contributed by atoms with Gasteiger partial charge in [-0.25, -0.2) is 0 Å². The second kappa shape index (κ2) is 24.1. The molecule has 2 aromatic rings. The van der Waals surface area contributed by atoms with Crippen LogP contribution in [-0.4, -0.2) is 38.6 Å². The number of unbranched alkanes of at least 4 members (excludes halogenated alkanes) is 8.